The van der Waals surface area contributed by atoms with E-state index < -0.39 is 0 Å². The second kappa shape index (κ2) is 5.74. The van der Waals surface area contributed by atoms with E-state index in [4.69, 9.17) is 4.42 Å². The lowest BCUT2D eigenvalue weighted by Crippen LogP contribution is -1.92. The van der Waals surface area contributed by atoms with E-state index in [9.17, 15) is 0 Å². The van der Waals surface area contributed by atoms with Gasteiger partial charge in [0.25, 0.3) is 0 Å². The molecule has 0 saturated carbocycles. The van der Waals surface area contributed by atoms with Gasteiger partial charge in [0.15, 0.2) is 0 Å². The first-order chi connectivity index (χ1) is 7.65. The molecule has 0 bridgehead atoms. The highest BCUT2D eigenvalue weighted by atomic mass is 16.3. The fourth-order valence-electron chi connectivity index (χ4n) is 1.81. The predicted molar refractivity (Wildman–Crippen MR) is 70.8 cm³/mol. The minimum absolute atomic E-state index is 0.698. The van der Waals surface area contributed by atoms with E-state index in [2.05, 4.69) is 38.1 Å². The fraction of sp³-hybridized carbons (Fsp3) is 0.467. The summed E-state index contributed by atoms with van der Waals surface area (Å²) < 4.78 is 5.59. The van der Waals surface area contributed by atoms with Crippen LogP contribution in [0.5, 0.6) is 0 Å². The number of furan rings is 1. The Kier molecular flexibility index (Phi) is 4.60. The molecule has 0 fully saturated rings. The standard InChI is InChI=1S/C13H16O.C2H6/c1-9(2)6-11-4-5-12-7-10(3)14-13(12)8-11;1-2/h4-5,7-9H,6H2,1-3H3;1-2H3. The molecule has 2 aromatic rings. The smallest absolute Gasteiger partial charge is 0.134 e. The van der Waals surface area contributed by atoms with Crippen molar-refractivity contribution in [2.75, 3.05) is 0 Å². The quantitative estimate of drug-likeness (QED) is 0.694. The number of fused-ring (bicyclic) bond motifs is 1. The van der Waals surface area contributed by atoms with Gasteiger partial charge in [0, 0.05) is 5.39 Å². The largest absolute Gasteiger partial charge is 0.461 e. The molecule has 1 nitrogen and oxygen atoms in total. The molecule has 0 aliphatic carbocycles. The molecule has 2 rings (SSSR count). The summed E-state index contributed by atoms with van der Waals surface area (Å²) in [5.74, 6) is 1.69. The zero-order valence-electron chi connectivity index (χ0n) is 11.0. The van der Waals surface area contributed by atoms with Crippen molar-refractivity contribution in [1.29, 1.82) is 0 Å². The van der Waals surface area contributed by atoms with Gasteiger partial charge < -0.3 is 4.42 Å². The van der Waals surface area contributed by atoms with E-state index in [-0.39, 0.29) is 0 Å². The van der Waals surface area contributed by atoms with Gasteiger partial charge in [0.2, 0.25) is 0 Å². The van der Waals surface area contributed by atoms with E-state index in [0.717, 1.165) is 17.8 Å². The van der Waals surface area contributed by atoms with Crippen LogP contribution in [0.25, 0.3) is 11.0 Å². The summed E-state index contributed by atoms with van der Waals surface area (Å²) in [7, 11) is 0. The Bertz CT molecular complexity index is 438. The zero-order valence-corrected chi connectivity index (χ0v) is 11.0. The van der Waals surface area contributed by atoms with Gasteiger partial charge in [-0.2, -0.15) is 0 Å². The second-order valence-electron chi connectivity index (χ2n) is 4.33. The van der Waals surface area contributed by atoms with Gasteiger partial charge in [-0.1, -0.05) is 39.8 Å². The van der Waals surface area contributed by atoms with Crippen molar-refractivity contribution >= 4 is 11.0 Å². The maximum atomic E-state index is 5.59. The average molecular weight is 218 g/mol. The lowest BCUT2D eigenvalue weighted by atomic mass is 10.0. The fourth-order valence-corrected chi connectivity index (χ4v) is 1.81. The molecule has 0 amide bonds. The van der Waals surface area contributed by atoms with Crippen LogP contribution in [-0.4, -0.2) is 0 Å². The van der Waals surface area contributed by atoms with E-state index in [1.807, 2.05) is 20.8 Å². The molecule has 0 aliphatic heterocycles. The molecule has 1 heterocycles. The highest BCUT2D eigenvalue weighted by Crippen LogP contribution is 2.21. The predicted octanol–water partition coefficient (Wildman–Crippen LogP) is 4.97. The van der Waals surface area contributed by atoms with Crippen molar-refractivity contribution in [3.63, 3.8) is 0 Å². The summed E-state index contributed by atoms with van der Waals surface area (Å²) in [4.78, 5) is 0. The normalized spacial score (nSPS) is 10.4. The van der Waals surface area contributed by atoms with Crippen molar-refractivity contribution in [2.24, 2.45) is 5.92 Å². The maximum absolute atomic E-state index is 5.59. The number of benzene rings is 1. The van der Waals surface area contributed by atoms with Crippen LogP contribution in [0.2, 0.25) is 0 Å². The summed E-state index contributed by atoms with van der Waals surface area (Å²) in [6.07, 6.45) is 1.12. The number of hydrogen-bond donors (Lipinski definition) is 0. The summed E-state index contributed by atoms with van der Waals surface area (Å²) in [5.41, 5.74) is 2.38. The van der Waals surface area contributed by atoms with Crippen molar-refractivity contribution in [3.05, 3.63) is 35.6 Å². The number of aryl methyl sites for hydroxylation is 1. The molecule has 16 heavy (non-hydrogen) atoms. The van der Waals surface area contributed by atoms with Crippen LogP contribution in [0.1, 0.15) is 39.0 Å². The Hall–Kier alpha value is -1.24. The first kappa shape index (κ1) is 12.8. The Morgan fingerprint density at radius 2 is 1.81 bits per heavy atom. The molecule has 1 heteroatoms. The Balaban J connectivity index is 0.000000606. The van der Waals surface area contributed by atoms with Crippen LogP contribution in [0.3, 0.4) is 0 Å². The maximum Gasteiger partial charge on any atom is 0.134 e. The van der Waals surface area contributed by atoms with Crippen LogP contribution >= 0.6 is 0 Å². The molecule has 0 radical (unpaired) electrons. The van der Waals surface area contributed by atoms with Crippen molar-refractivity contribution in [1.82, 2.24) is 0 Å². The molecule has 0 spiro atoms. The molecular weight excluding hydrogens is 196 g/mol. The molecule has 1 aromatic heterocycles. The molecule has 0 N–H and O–H groups in total. The van der Waals surface area contributed by atoms with E-state index >= 15 is 0 Å². The van der Waals surface area contributed by atoms with Gasteiger partial charge >= 0.3 is 0 Å². The lowest BCUT2D eigenvalue weighted by molar-refractivity contribution is 0.577. The summed E-state index contributed by atoms with van der Waals surface area (Å²) in [6, 6.07) is 8.57. The van der Waals surface area contributed by atoms with Gasteiger partial charge in [-0.15, -0.1) is 0 Å². The zero-order chi connectivity index (χ0) is 12.1. The van der Waals surface area contributed by atoms with E-state index in [0.29, 0.717) is 5.92 Å². The topological polar surface area (TPSA) is 13.1 Å². The first-order valence-corrected chi connectivity index (χ1v) is 6.14. The highest BCUT2D eigenvalue weighted by Gasteiger charge is 2.02. The Morgan fingerprint density at radius 3 is 2.44 bits per heavy atom. The monoisotopic (exact) mass is 218 g/mol. The van der Waals surface area contributed by atoms with Gasteiger partial charge in [0.1, 0.15) is 11.3 Å². The van der Waals surface area contributed by atoms with Crippen LogP contribution in [0, 0.1) is 12.8 Å². The van der Waals surface area contributed by atoms with Crippen LogP contribution < -0.4 is 0 Å². The third kappa shape index (κ3) is 3.13. The summed E-state index contributed by atoms with van der Waals surface area (Å²) in [5, 5.41) is 1.20. The van der Waals surface area contributed by atoms with Gasteiger partial charge in [-0.05, 0) is 37.0 Å². The third-order valence-electron chi connectivity index (χ3n) is 2.35. The first-order valence-electron chi connectivity index (χ1n) is 6.14. The van der Waals surface area contributed by atoms with Gasteiger partial charge in [-0.3, -0.25) is 0 Å². The third-order valence-corrected chi connectivity index (χ3v) is 2.35. The minimum atomic E-state index is 0.698. The average Bonchev–Trinajstić information content (AvgIpc) is 2.59. The SMILES string of the molecule is CC.Cc1cc2ccc(CC(C)C)cc2o1. The number of rotatable bonds is 2. The van der Waals surface area contributed by atoms with E-state index in [1.165, 1.54) is 10.9 Å². The van der Waals surface area contributed by atoms with Crippen molar-refractivity contribution in [3.8, 4) is 0 Å². The summed E-state index contributed by atoms with van der Waals surface area (Å²) in [6.45, 7) is 10.5. The Labute approximate surface area is 98.5 Å². The minimum Gasteiger partial charge on any atom is -0.461 e. The molecule has 0 unspecified atom stereocenters. The number of hydrogen-bond acceptors (Lipinski definition) is 1. The molecule has 88 valence electrons. The van der Waals surface area contributed by atoms with Crippen molar-refractivity contribution < 1.29 is 4.42 Å². The van der Waals surface area contributed by atoms with Crippen molar-refractivity contribution in [2.45, 2.75) is 41.0 Å². The Morgan fingerprint density at radius 1 is 1.12 bits per heavy atom. The molecule has 0 atom stereocenters. The second-order valence-corrected chi connectivity index (χ2v) is 4.33. The molecular formula is C15H22O. The van der Waals surface area contributed by atoms with Crippen LogP contribution in [0.4, 0.5) is 0 Å². The van der Waals surface area contributed by atoms with E-state index in [1.54, 1.807) is 0 Å². The van der Waals surface area contributed by atoms with Gasteiger partial charge in [-0.25, -0.2) is 0 Å². The van der Waals surface area contributed by atoms with Crippen LogP contribution in [0.15, 0.2) is 28.7 Å². The molecule has 1 aromatic carbocycles. The van der Waals surface area contributed by atoms with Gasteiger partial charge in [0.05, 0.1) is 0 Å². The summed E-state index contributed by atoms with van der Waals surface area (Å²) >= 11 is 0. The van der Waals surface area contributed by atoms with Crippen LogP contribution in [-0.2, 0) is 6.42 Å². The molecule has 0 aliphatic rings. The lowest BCUT2D eigenvalue weighted by Gasteiger charge is -2.03. The highest BCUT2D eigenvalue weighted by molar-refractivity contribution is 5.78. The molecule has 0 saturated heterocycles.